The van der Waals surface area contributed by atoms with Gasteiger partial charge in [0.25, 0.3) is 0 Å². The smallest absolute Gasteiger partial charge is 0.225 e. The van der Waals surface area contributed by atoms with Gasteiger partial charge in [0.05, 0.1) is 5.39 Å². The van der Waals surface area contributed by atoms with Crippen molar-refractivity contribution in [1.29, 1.82) is 0 Å². The lowest BCUT2D eigenvalue weighted by molar-refractivity contribution is 0.684. The quantitative estimate of drug-likeness (QED) is 0.626. The number of hydrogen-bond donors (Lipinski definition) is 1. The number of anilines is 1. The summed E-state index contributed by atoms with van der Waals surface area (Å²) in [5.74, 6) is 0.859. The molecule has 0 saturated carbocycles. The predicted molar refractivity (Wildman–Crippen MR) is 75.1 cm³/mol. The second kappa shape index (κ2) is 6.17. The van der Waals surface area contributed by atoms with E-state index in [-0.39, 0.29) is 0 Å². The Kier molecular flexibility index (Phi) is 4.57. The SMILES string of the molecule is CCCCCCNc1nc(Cl)nc2sccc12. The minimum Gasteiger partial charge on any atom is -0.369 e. The zero-order valence-corrected chi connectivity index (χ0v) is 11.4. The first kappa shape index (κ1) is 12.6. The zero-order valence-electron chi connectivity index (χ0n) is 9.87. The van der Waals surface area contributed by atoms with Crippen molar-refractivity contribution in [2.75, 3.05) is 11.9 Å². The number of nitrogens with one attached hydrogen (secondary N) is 1. The molecule has 0 aliphatic rings. The third-order valence-corrected chi connectivity index (χ3v) is 3.60. The molecule has 17 heavy (non-hydrogen) atoms. The summed E-state index contributed by atoms with van der Waals surface area (Å²) in [7, 11) is 0. The fourth-order valence-electron chi connectivity index (χ4n) is 1.72. The van der Waals surface area contributed by atoms with Crippen LogP contribution in [0.5, 0.6) is 0 Å². The van der Waals surface area contributed by atoms with Gasteiger partial charge in [-0.05, 0) is 29.5 Å². The minimum absolute atomic E-state index is 0.316. The number of thiophene rings is 1. The molecule has 3 nitrogen and oxygen atoms in total. The van der Waals surface area contributed by atoms with Crippen LogP contribution in [0.15, 0.2) is 11.4 Å². The van der Waals surface area contributed by atoms with Gasteiger partial charge in [-0.3, -0.25) is 0 Å². The van der Waals surface area contributed by atoms with Gasteiger partial charge >= 0.3 is 0 Å². The number of unbranched alkanes of at least 4 members (excludes halogenated alkanes) is 3. The Morgan fingerprint density at radius 2 is 2.18 bits per heavy atom. The van der Waals surface area contributed by atoms with Crippen molar-refractivity contribution in [2.24, 2.45) is 0 Å². The summed E-state index contributed by atoms with van der Waals surface area (Å²) in [6.45, 7) is 3.16. The normalized spacial score (nSPS) is 10.9. The largest absolute Gasteiger partial charge is 0.369 e. The van der Waals surface area contributed by atoms with Crippen molar-refractivity contribution < 1.29 is 0 Å². The molecule has 0 saturated heterocycles. The number of aromatic nitrogens is 2. The first-order valence-corrected chi connectivity index (χ1v) is 7.21. The average molecular weight is 270 g/mol. The van der Waals surface area contributed by atoms with Gasteiger partial charge in [0.1, 0.15) is 10.6 Å². The maximum absolute atomic E-state index is 5.89. The molecule has 0 aliphatic heterocycles. The summed E-state index contributed by atoms with van der Waals surface area (Å²) in [6, 6.07) is 2.03. The van der Waals surface area contributed by atoms with E-state index in [9.17, 15) is 0 Å². The molecule has 2 heterocycles. The second-order valence-electron chi connectivity index (χ2n) is 3.97. The van der Waals surface area contributed by atoms with Crippen LogP contribution in [0, 0.1) is 0 Å². The first-order valence-electron chi connectivity index (χ1n) is 5.96. The molecule has 2 aromatic heterocycles. The van der Waals surface area contributed by atoms with Crippen molar-refractivity contribution in [3.05, 3.63) is 16.7 Å². The van der Waals surface area contributed by atoms with Crippen LogP contribution >= 0.6 is 22.9 Å². The maximum atomic E-state index is 5.89. The second-order valence-corrected chi connectivity index (χ2v) is 5.20. The zero-order chi connectivity index (χ0) is 12.1. The van der Waals surface area contributed by atoms with Crippen LogP contribution in [-0.2, 0) is 0 Å². The molecule has 0 atom stereocenters. The molecule has 92 valence electrons. The highest BCUT2D eigenvalue weighted by molar-refractivity contribution is 7.16. The monoisotopic (exact) mass is 269 g/mol. The van der Waals surface area contributed by atoms with E-state index in [0.717, 1.165) is 22.6 Å². The summed E-state index contributed by atoms with van der Waals surface area (Å²) < 4.78 is 0. The fourth-order valence-corrected chi connectivity index (χ4v) is 2.71. The van der Waals surface area contributed by atoms with Gasteiger partial charge in [-0.2, -0.15) is 0 Å². The summed E-state index contributed by atoms with van der Waals surface area (Å²) in [4.78, 5) is 9.37. The highest BCUT2D eigenvalue weighted by Crippen LogP contribution is 2.26. The Bertz CT molecular complexity index is 484. The molecule has 2 rings (SSSR count). The standard InChI is InChI=1S/C12H16ClN3S/c1-2-3-4-5-7-14-10-9-6-8-17-11(9)16-12(13)15-10/h6,8H,2-5,7H2,1H3,(H,14,15,16). The van der Waals surface area contributed by atoms with Crippen molar-refractivity contribution >= 4 is 39.0 Å². The predicted octanol–water partition coefficient (Wildman–Crippen LogP) is 4.34. The van der Waals surface area contributed by atoms with Crippen LogP contribution in [0.4, 0.5) is 5.82 Å². The molecule has 0 fully saturated rings. The van der Waals surface area contributed by atoms with Crippen LogP contribution in [0.3, 0.4) is 0 Å². The average Bonchev–Trinajstić information content (AvgIpc) is 2.76. The lowest BCUT2D eigenvalue weighted by Crippen LogP contribution is -2.04. The van der Waals surface area contributed by atoms with E-state index in [2.05, 4.69) is 22.2 Å². The van der Waals surface area contributed by atoms with E-state index in [1.54, 1.807) is 11.3 Å². The third kappa shape index (κ3) is 3.30. The molecule has 0 radical (unpaired) electrons. The molecule has 5 heteroatoms. The Hall–Kier alpha value is -0.870. The highest BCUT2D eigenvalue weighted by atomic mass is 35.5. The number of hydrogen-bond acceptors (Lipinski definition) is 4. The van der Waals surface area contributed by atoms with Gasteiger partial charge < -0.3 is 5.32 Å². The van der Waals surface area contributed by atoms with Gasteiger partial charge in [-0.15, -0.1) is 11.3 Å². The maximum Gasteiger partial charge on any atom is 0.225 e. The van der Waals surface area contributed by atoms with Crippen molar-refractivity contribution in [2.45, 2.75) is 32.6 Å². The molecule has 0 bridgehead atoms. The first-order chi connectivity index (χ1) is 8.31. The van der Waals surface area contributed by atoms with Crippen LogP contribution in [0.25, 0.3) is 10.2 Å². The van der Waals surface area contributed by atoms with Crippen LogP contribution < -0.4 is 5.32 Å². The summed E-state index contributed by atoms with van der Waals surface area (Å²) in [6.07, 6.45) is 4.98. The summed E-state index contributed by atoms with van der Waals surface area (Å²) in [5.41, 5.74) is 0. The van der Waals surface area contributed by atoms with Crippen LogP contribution in [-0.4, -0.2) is 16.5 Å². The van der Waals surface area contributed by atoms with E-state index in [4.69, 9.17) is 11.6 Å². The molecule has 0 aromatic carbocycles. The van der Waals surface area contributed by atoms with E-state index in [0.29, 0.717) is 5.28 Å². The Morgan fingerprint density at radius 1 is 1.29 bits per heavy atom. The molecular weight excluding hydrogens is 254 g/mol. The Labute approximate surface area is 110 Å². The van der Waals surface area contributed by atoms with Gasteiger partial charge in [-0.1, -0.05) is 26.2 Å². The lowest BCUT2D eigenvalue weighted by Gasteiger charge is -2.06. The fraction of sp³-hybridized carbons (Fsp3) is 0.500. The third-order valence-electron chi connectivity index (χ3n) is 2.62. The number of nitrogens with zero attached hydrogens (tertiary/aromatic N) is 2. The summed E-state index contributed by atoms with van der Waals surface area (Å²) >= 11 is 7.48. The number of rotatable bonds is 6. The van der Waals surface area contributed by atoms with Gasteiger partial charge in [0.2, 0.25) is 5.28 Å². The van der Waals surface area contributed by atoms with Crippen LogP contribution in [0.2, 0.25) is 5.28 Å². The summed E-state index contributed by atoms with van der Waals surface area (Å²) in [5, 5.41) is 6.74. The molecule has 0 amide bonds. The van der Waals surface area contributed by atoms with Crippen LogP contribution in [0.1, 0.15) is 32.6 Å². The molecule has 0 unspecified atom stereocenters. The lowest BCUT2D eigenvalue weighted by atomic mass is 10.2. The Morgan fingerprint density at radius 3 is 3.00 bits per heavy atom. The Balaban J connectivity index is 2.00. The van der Waals surface area contributed by atoms with Gasteiger partial charge in [0, 0.05) is 6.54 Å². The molecule has 0 aliphatic carbocycles. The minimum atomic E-state index is 0.316. The van der Waals surface area contributed by atoms with E-state index in [1.807, 2.05) is 11.4 Å². The van der Waals surface area contributed by atoms with Gasteiger partial charge in [-0.25, -0.2) is 9.97 Å². The van der Waals surface area contributed by atoms with E-state index < -0.39 is 0 Å². The van der Waals surface area contributed by atoms with E-state index >= 15 is 0 Å². The van der Waals surface area contributed by atoms with Crippen molar-refractivity contribution in [3.8, 4) is 0 Å². The van der Waals surface area contributed by atoms with Crippen molar-refractivity contribution in [3.63, 3.8) is 0 Å². The molecule has 0 spiro atoms. The topological polar surface area (TPSA) is 37.8 Å². The molecule has 1 N–H and O–H groups in total. The molecule has 2 aromatic rings. The highest BCUT2D eigenvalue weighted by Gasteiger charge is 2.06. The molecular formula is C12H16ClN3S. The van der Waals surface area contributed by atoms with Gasteiger partial charge in [0.15, 0.2) is 0 Å². The van der Waals surface area contributed by atoms with E-state index in [1.165, 1.54) is 25.7 Å². The van der Waals surface area contributed by atoms with Crippen molar-refractivity contribution in [1.82, 2.24) is 9.97 Å². The number of halogens is 1. The number of fused-ring (bicyclic) bond motifs is 1.